The molecule has 0 aliphatic heterocycles. The Labute approximate surface area is 172 Å². The van der Waals surface area contributed by atoms with Gasteiger partial charge in [0.1, 0.15) is 0 Å². The van der Waals surface area contributed by atoms with Crippen LogP contribution in [0.3, 0.4) is 0 Å². The summed E-state index contributed by atoms with van der Waals surface area (Å²) in [5.74, 6) is -1.02. The summed E-state index contributed by atoms with van der Waals surface area (Å²) >= 11 is 0. The van der Waals surface area contributed by atoms with Crippen LogP contribution in [0.2, 0.25) is 0 Å². The van der Waals surface area contributed by atoms with Crippen molar-refractivity contribution in [2.45, 2.75) is 46.5 Å². The van der Waals surface area contributed by atoms with Gasteiger partial charge in [-0.3, -0.25) is 4.79 Å². The monoisotopic (exact) mass is 388 g/mol. The molecule has 0 amide bonds. The molecule has 29 heavy (non-hydrogen) atoms. The molecule has 2 aromatic rings. The highest BCUT2D eigenvalue weighted by Gasteiger charge is 2.32. The van der Waals surface area contributed by atoms with Crippen LogP contribution in [0.4, 0.5) is 0 Å². The van der Waals surface area contributed by atoms with Gasteiger partial charge in [-0.05, 0) is 63.8 Å². The molecule has 0 unspecified atom stereocenters. The standard InChI is InChI=1S/C26H28O3/c1-25(2,3)21-14-15-26(4,5)22-16-19(11-12-20(21)22)23(27)13-8-17-6-9-18(10-7-17)24(28)29/h6-14,16H,15H2,1-5H3,(H,28,29)/b13-8+. The predicted molar refractivity (Wildman–Crippen MR) is 118 cm³/mol. The maximum atomic E-state index is 12.8. The molecule has 0 spiro atoms. The summed E-state index contributed by atoms with van der Waals surface area (Å²) in [4.78, 5) is 23.7. The van der Waals surface area contributed by atoms with Crippen LogP contribution in [0.25, 0.3) is 11.6 Å². The number of carbonyl (C=O) groups is 2. The van der Waals surface area contributed by atoms with E-state index < -0.39 is 5.97 Å². The molecule has 2 aromatic carbocycles. The Hall–Kier alpha value is -2.94. The Morgan fingerprint density at radius 3 is 2.21 bits per heavy atom. The van der Waals surface area contributed by atoms with Crippen LogP contribution >= 0.6 is 0 Å². The Morgan fingerprint density at radius 2 is 1.62 bits per heavy atom. The number of carboxylic acid groups (broad SMARTS) is 1. The zero-order chi connectivity index (χ0) is 21.4. The third-order valence-electron chi connectivity index (χ3n) is 5.53. The third kappa shape index (κ3) is 4.40. The van der Waals surface area contributed by atoms with Crippen LogP contribution in [0.1, 0.15) is 78.4 Å². The SMILES string of the molecule is CC(C)(C)C1=CCC(C)(C)c2cc(C(=O)/C=C/c3ccc(C(=O)O)cc3)ccc21. The summed E-state index contributed by atoms with van der Waals surface area (Å²) in [6.45, 7) is 11.1. The molecule has 1 aliphatic carbocycles. The van der Waals surface area contributed by atoms with E-state index in [1.807, 2.05) is 12.1 Å². The second kappa shape index (κ2) is 7.47. The Morgan fingerprint density at radius 1 is 1.00 bits per heavy atom. The van der Waals surface area contributed by atoms with E-state index in [1.165, 1.54) is 28.8 Å². The normalized spacial score (nSPS) is 15.7. The largest absolute Gasteiger partial charge is 0.478 e. The highest BCUT2D eigenvalue weighted by atomic mass is 16.4. The topological polar surface area (TPSA) is 54.4 Å². The maximum Gasteiger partial charge on any atom is 0.335 e. The lowest BCUT2D eigenvalue weighted by Gasteiger charge is -2.36. The molecule has 0 saturated carbocycles. The number of hydrogen-bond acceptors (Lipinski definition) is 2. The summed E-state index contributed by atoms with van der Waals surface area (Å²) in [7, 11) is 0. The molecule has 3 nitrogen and oxygen atoms in total. The van der Waals surface area contributed by atoms with Crippen LogP contribution in [0.15, 0.2) is 54.6 Å². The molecule has 0 heterocycles. The second-order valence-corrected chi connectivity index (χ2v) is 9.34. The number of allylic oxidation sites excluding steroid dienone is 3. The van der Waals surface area contributed by atoms with Crippen LogP contribution < -0.4 is 0 Å². The fourth-order valence-corrected chi connectivity index (χ4v) is 3.78. The molecule has 3 heteroatoms. The lowest BCUT2D eigenvalue weighted by atomic mass is 9.68. The van der Waals surface area contributed by atoms with Crippen molar-refractivity contribution in [1.29, 1.82) is 0 Å². The van der Waals surface area contributed by atoms with E-state index in [2.05, 4.69) is 46.8 Å². The van der Waals surface area contributed by atoms with Crippen molar-refractivity contribution in [2.24, 2.45) is 5.41 Å². The zero-order valence-corrected chi connectivity index (χ0v) is 17.7. The van der Waals surface area contributed by atoms with Gasteiger partial charge in [0, 0.05) is 5.56 Å². The summed E-state index contributed by atoms with van der Waals surface area (Å²) in [6.07, 6.45) is 6.56. The van der Waals surface area contributed by atoms with Crippen molar-refractivity contribution >= 4 is 23.4 Å². The van der Waals surface area contributed by atoms with E-state index >= 15 is 0 Å². The van der Waals surface area contributed by atoms with Gasteiger partial charge < -0.3 is 5.11 Å². The summed E-state index contributed by atoms with van der Waals surface area (Å²) in [5.41, 5.74) is 5.52. The molecule has 1 N–H and O–H groups in total. The first-order valence-electron chi connectivity index (χ1n) is 9.90. The first-order valence-corrected chi connectivity index (χ1v) is 9.90. The average Bonchev–Trinajstić information content (AvgIpc) is 2.65. The van der Waals surface area contributed by atoms with Gasteiger partial charge in [-0.2, -0.15) is 0 Å². The number of hydrogen-bond donors (Lipinski definition) is 1. The molecular formula is C26H28O3. The number of ketones is 1. The van der Waals surface area contributed by atoms with E-state index in [-0.39, 0.29) is 22.2 Å². The van der Waals surface area contributed by atoms with E-state index in [9.17, 15) is 9.59 Å². The smallest absolute Gasteiger partial charge is 0.335 e. The van der Waals surface area contributed by atoms with Gasteiger partial charge in [-0.1, -0.05) is 71.0 Å². The van der Waals surface area contributed by atoms with Crippen molar-refractivity contribution in [3.05, 3.63) is 82.4 Å². The fraction of sp³-hybridized carbons (Fsp3) is 0.308. The summed E-state index contributed by atoms with van der Waals surface area (Å²) in [6, 6.07) is 12.5. The minimum absolute atomic E-state index is 0.0171. The van der Waals surface area contributed by atoms with Crippen LogP contribution in [-0.4, -0.2) is 16.9 Å². The average molecular weight is 389 g/mol. The number of carbonyl (C=O) groups excluding carboxylic acids is 1. The van der Waals surface area contributed by atoms with Crippen molar-refractivity contribution in [1.82, 2.24) is 0 Å². The minimum Gasteiger partial charge on any atom is -0.478 e. The molecule has 0 fully saturated rings. The number of fused-ring (bicyclic) bond motifs is 1. The van der Waals surface area contributed by atoms with Crippen molar-refractivity contribution in [3.63, 3.8) is 0 Å². The van der Waals surface area contributed by atoms with Gasteiger partial charge in [-0.25, -0.2) is 4.79 Å². The van der Waals surface area contributed by atoms with Gasteiger partial charge in [0.2, 0.25) is 0 Å². The molecule has 0 atom stereocenters. The van der Waals surface area contributed by atoms with Crippen molar-refractivity contribution in [2.75, 3.05) is 0 Å². The molecule has 3 rings (SSSR count). The maximum absolute atomic E-state index is 12.8. The lowest BCUT2D eigenvalue weighted by molar-refractivity contribution is 0.0696. The van der Waals surface area contributed by atoms with Crippen molar-refractivity contribution in [3.8, 4) is 0 Å². The molecule has 150 valence electrons. The highest BCUT2D eigenvalue weighted by Crippen LogP contribution is 2.45. The van der Waals surface area contributed by atoms with Gasteiger partial charge in [0.05, 0.1) is 5.56 Å². The highest BCUT2D eigenvalue weighted by molar-refractivity contribution is 6.07. The number of rotatable bonds is 4. The molecule has 0 aromatic heterocycles. The zero-order valence-electron chi connectivity index (χ0n) is 17.7. The third-order valence-corrected chi connectivity index (χ3v) is 5.53. The molecular weight excluding hydrogens is 360 g/mol. The Bertz CT molecular complexity index is 1010. The van der Waals surface area contributed by atoms with Gasteiger partial charge in [-0.15, -0.1) is 0 Å². The molecule has 0 saturated heterocycles. The molecule has 0 bridgehead atoms. The number of aromatic carboxylic acids is 1. The van der Waals surface area contributed by atoms with Gasteiger partial charge in [0.25, 0.3) is 0 Å². The minimum atomic E-state index is -0.961. The summed E-state index contributed by atoms with van der Waals surface area (Å²) < 4.78 is 0. The van der Waals surface area contributed by atoms with Gasteiger partial charge >= 0.3 is 5.97 Å². The Balaban J connectivity index is 1.89. The molecule has 0 radical (unpaired) electrons. The first-order chi connectivity index (χ1) is 13.5. The van der Waals surface area contributed by atoms with E-state index in [1.54, 1.807) is 24.3 Å². The molecule has 1 aliphatic rings. The van der Waals surface area contributed by atoms with Crippen LogP contribution in [-0.2, 0) is 5.41 Å². The van der Waals surface area contributed by atoms with Crippen molar-refractivity contribution < 1.29 is 14.7 Å². The second-order valence-electron chi connectivity index (χ2n) is 9.34. The number of benzene rings is 2. The van der Waals surface area contributed by atoms with E-state index in [4.69, 9.17) is 5.11 Å². The number of carboxylic acids is 1. The quantitative estimate of drug-likeness (QED) is 0.487. The van der Waals surface area contributed by atoms with E-state index in [0.29, 0.717) is 5.56 Å². The fourth-order valence-electron chi connectivity index (χ4n) is 3.78. The van der Waals surface area contributed by atoms with E-state index in [0.717, 1.165) is 12.0 Å². The summed E-state index contributed by atoms with van der Waals surface area (Å²) in [5, 5.41) is 8.97. The van der Waals surface area contributed by atoms with Crippen LogP contribution in [0, 0.1) is 5.41 Å². The lowest BCUT2D eigenvalue weighted by Crippen LogP contribution is -2.25. The van der Waals surface area contributed by atoms with Gasteiger partial charge in [0.15, 0.2) is 5.78 Å². The Kier molecular flexibility index (Phi) is 5.36. The van der Waals surface area contributed by atoms with Crippen LogP contribution in [0.5, 0.6) is 0 Å². The predicted octanol–water partition coefficient (Wildman–Crippen LogP) is 6.39. The first kappa shape index (κ1) is 20.8.